The molecule has 6 heteroatoms. The third-order valence-corrected chi connectivity index (χ3v) is 3.80. The molecule has 0 radical (unpaired) electrons. The van der Waals surface area contributed by atoms with Crippen LogP contribution in [-0.2, 0) is 6.42 Å². The van der Waals surface area contributed by atoms with Crippen LogP contribution in [0.1, 0.15) is 61.6 Å². The van der Waals surface area contributed by atoms with E-state index in [1.165, 1.54) is 11.5 Å². The van der Waals surface area contributed by atoms with Gasteiger partial charge in [-0.2, -0.15) is 9.36 Å². The fraction of sp³-hybridized carbons (Fsp3) is 0.667. The molecule has 0 aliphatic rings. The van der Waals surface area contributed by atoms with Gasteiger partial charge >= 0.3 is 0 Å². The number of hydrogen-bond acceptors (Lipinski definition) is 6. The maximum absolute atomic E-state index is 5.16. The van der Waals surface area contributed by atoms with E-state index in [-0.39, 0.29) is 5.92 Å². The van der Waals surface area contributed by atoms with Gasteiger partial charge in [0.05, 0.1) is 0 Å². The van der Waals surface area contributed by atoms with E-state index in [0.717, 1.165) is 23.7 Å². The Kier molecular flexibility index (Phi) is 4.06. The number of aryl methyl sites for hydroxylation is 2. The van der Waals surface area contributed by atoms with E-state index >= 15 is 0 Å². The minimum Gasteiger partial charge on any atom is -0.339 e. The van der Waals surface area contributed by atoms with Crippen LogP contribution in [0.3, 0.4) is 0 Å². The second kappa shape index (κ2) is 5.56. The number of aromatic nitrogens is 4. The Morgan fingerprint density at radius 1 is 1.22 bits per heavy atom. The first kappa shape index (κ1) is 13.1. The highest BCUT2D eigenvalue weighted by molar-refractivity contribution is 7.05. The Hall–Kier alpha value is -1.30. The quantitative estimate of drug-likeness (QED) is 0.832. The van der Waals surface area contributed by atoms with Crippen molar-refractivity contribution >= 4 is 11.5 Å². The molecule has 1 atom stereocenters. The highest BCUT2D eigenvalue weighted by Crippen LogP contribution is 2.21. The normalized spacial score (nSPS) is 13.2. The molecule has 2 rings (SSSR count). The topological polar surface area (TPSA) is 64.7 Å². The van der Waals surface area contributed by atoms with Gasteiger partial charge in [-0.3, -0.25) is 0 Å². The van der Waals surface area contributed by atoms with E-state index < -0.39 is 0 Å². The van der Waals surface area contributed by atoms with Crippen molar-refractivity contribution in [1.82, 2.24) is 19.5 Å². The number of rotatable bonds is 5. The van der Waals surface area contributed by atoms with Gasteiger partial charge in [0, 0.05) is 18.3 Å². The Morgan fingerprint density at radius 3 is 2.56 bits per heavy atom. The Labute approximate surface area is 111 Å². The molecule has 0 aliphatic heterocycles. The maximum Gasteiger partial charge on any atom is 0.229 e. The summed E-state index contributed by atoms with van der Waals surface area (Å²) in [6.07, 6.45) is 1.78. The van der Waals surface area contributed by atoms with Gasteiger partial charge in [-0.15, -0.1) is 0 Å². The maximum atomic E-state index is 5.16. The lowest BCUT2D eigenvalue weighted by Crippen LogP contribution is -1.98. The molecular weight excluding hydrogens is 248 g/mol. The monoisotopic (exact) mass is 266 g/mol. The van der Waals surface area contributed by atoms with Gasteiger partial charge in [0.15, 0.2) is 5.82 Å². The first-order chi connectivity index (χ1) is 8.56. The molecule has 5 nitrogen and oxygen atoms in total. The minimum atomic E-state index is 0.247. The van der Waals surface area contributed by atoms with Crippen LogP contribution in [0.2, 0.25) is 0 Å². The molecule has 0 aromatic carbocycles. The van der Waals surface area contributed by atoms with Crippen molar-refractivity contribution in [3.8, 4) is 0 Å². The van der Waals surface area contributed by atoms with Crippen molar-refractivity contribution in [3.63, 3.8) is 0 Å². The van der Waals surface area contributed by atoms with Crippen LogP contribution in [0.5, 0.6) is 0 Å². The molecule has 0 saturated heterocycles. The third-order valence-electron chi connectivity index (χ3n) is 2.74. The first-order valence-corrected chi connectivity index (χ1v) is 6.96. The van der Waals surface area contributed by atoms with Crippen molar-refractivity contribution in [2.45, 2.75) is 52.4 Å². The SMILES string of the molecule is Cc1noc(C(C)CCc2nsc(C(C)C)n2)n1. The van der Waals surface area contributed by atoms with Crippen LogP contribution in [0.15, 0.2) is 4.52 Å². The zero-order valence-electron chi connectivity index (χ0n) is 11.2. The molecule has 18 heavy (non-hydrogen) atoms. The average Bonchev–Trinajstić information content (AvgIpc) is 2.94. The summed E-state index contributed by atoms with van der Waals surface area (Å²) in [5, 5.41) is 4.91. The summed E-state index contributed by atoms with van der Waals surface area (Å²) in [5.41, 5.74) is 0. The summed E-state index contributed by atoms with van der Waals surface area (Å²) in [6.45, 7) is 8.18. The van der Waals surface area contributed by atoms with E-state index in [4.69, 9.17) is 4.52 Å². The molecule has 1 unspecified atom stereocenters. The van der Waals surface area contributed by atoms with Crippen LogP contribution in [0.25, 0.3) is 0 Å². The molecule has 0 amide bonds. The summed E-state index contributed by atoms with van der Waals surface area (Å²) in [4.78, 5) is 8.76. The van der Waals surface area contributed by atoms with Crippen LogP contribution in [-0.4, -0.2) is 19.5 Å². The second-order valence-electron chi connectivity index (χ2n) is 4.82. The summed E-state index contributed by atoms with van der Waals surface area (Å²) < 4.78 is 9.53. The highest BCUT2D eigenvalue weighted by atomic mass is 32.1. The summed E-state index contributed by atoms with van der Waals surface area (Å²) >= 11 is 1.50. The van der Waals surface area contributed by atoms with E-state index in [0.29, 0.717) is 17.6 Å². The summed E-state index contributed by atoms with van der Waals surface area (Å²) in [5.74, 6) is 3.01. The zero-order valence-corrected chi connectivity index (χ0v) is 12.0. The predicted molar refractivity (Wildman–Crippen MR) is 69.8 cm³/mol. The molecule has 0 N–H and O–H groups in total. The van der Waals surface area contributed by atoms with Crippen molar-refractivity contribution in [1.29, 1.82) is 0 Å². The molecule has 0 saturated carbocycles. The predicted octanol–water partition coefficient (Wildman–Crippen LogP) is 3.09. The minimum absolute atomic E-state index is 0.247. The molecule has 0 spiro atoms. The lowest BCUT2D eigenvalue weighted by molar-refractivity contribution is 0.350. The van der Waals surface area contributed by atoms with Crippen LogP contribution >= 0.6 is 11.5 Å². The van der Waals surface area contributed by atoms with E-state index in [1.807, 2.05) is 6.92 Å². The van der Waals surface area contributed by atoms with Gasteiger partial charge < -0.3 is 4.52 Å². The third kappa shape index (κ3) is 3.13. The number of nitrogens with zero attached hydrogens (tertiary/aromatic N) is 4. The Bertz CT molecular complexity index is 506. The van der Waals surface area contributed by atoms with Crippen LogP contribution in [0.4, 0.5) is 0 Å². The molecule has 2 aromatic heterocycles. The standard InChI is InChI=1S/C12H18N4OS/c1-7(2)12-14-10(16-18-12)6-5-8(3)11-13-9(4)15-17-11/h7-8H,5-6H2,1-4H3. The molecule has 98 valence electrons. The van der Waals surface area contributed by atoms with E-state index in [9.17, 15) is 0 Å². The van der Waals surface area contributed by atoms with Crippen LogP contribution < -0.4 is 0 Å². The molecule has 0 fully saturated rings. The van der Waals surface area contributed by atoms with Crippen molar-refractivity contribution < 1.29 is 4.52 Å². The molecule has 2 heterocycles. The van der Waals surface area contributed by atoms with Crippen molar-refractivity contribution in [2.24, 2.45) is 0 Å². The molecule has 0 bridgehead atoms. The summed E-state index contributed by atoms with van der Waals surface area (Å²) in [6, 6.07) is 0. The van der Waals surface area contributed by atoms with E-state index in [2.05, 4.69) is 40.3 Å². The number of hydrogen-bond donors (Lipinski definition) is 0. The lowest BCUT2D eigenvalue weighted by atomic mass is 10.1. The fourth-order valence-electron chi connectivity index (χ4n) is 1.59. The van der Waals surface area contributed by atoms with Gasteiger partial charge in [0.25, 0.3) is 0 Å². The lowest BCUT2D eigenvalue weighted by Gasteiger charge is -2.03. The average molecular weight is 266 g/mol. The largest absolute Gasteiger partial charge is 0.339 e. The van der Waals surface area contributed by atoms with Gasteiger partial charge in [0.2, 0.25) is 5.89 Å². The van der Waals surface area contributed by atoms with Crippen molar-refractivity contribution in [2.75, 3.05) is 0 Å². The molecule has 2 aromatic rings. The first-order valence-electron chi connectivity index (χ1n) is 6.19. The van der Waals surface area contributed by atoms with Crippen molar-refractivity contribution in [3.05, 3.63) is 22.5 Å². The van der Waals surface area contributed by atoms with Gasteiger partial charge in [0.1, 0.15) is 10.8 Å². The van der Waals surface area contributed by atoms with Gasteiger partial charge in [-0.1, -0.05) is 25.9 Å². The highest BCUT2D eigenvalue weighted by Gasteiger charge is 2.14. The Balaban J connectivity index is 1.90. The fourth-order valence-corrected chi connectivity index (χ4v) is 2.27. The van der Waals surface area contributed by atoms with E-state index in [1.54, 1.807) is 0 Å². The second-order valence-corrected chi connectivity index (χ2v) is 5.61. The smallest absolute Gasteiger partial charge is 0.229 e. The molecule has 0 aliphatic carbocycles. The molecular formula is C12H18N4OS. The van der Waals surface area contributed by atoms with Crippen LogP contribution in [0, 0.1) is 6.92 Å². The van der Waals surface area contributed by atoms with Gasteiger partial charge in [-0.25, -0.2) is 4.98 Å². The summed E-state index contributed by atoms with van der Waals surface area (Å²) in [7, 11) is 0. The Morgan fingerprint density at radius 2 is 2.00 bits per heavy atom. The van der Waals surface area contributed by atoms with Gasteiger partial charge in [-0.05, 0) is 24.9 Å². The zero-order chi connectivity index (χ0) is 13.1.